The van der Waals surface area contributed by atoms with Crippen molar-refractivity contribution in [1.29, 1.82) is 0 Å². The molecule has 0 radical (unpaired) electrons. The predicted octanol–water partition coefficient (Wildman–Crippen LogP) is 3.43. The Kier molecular flexibility index (Phi) is 6.07. The first-order valence-electron chi connectivity index (χ1n) is 8.29. The number of hydrogen-bond acceptors (Lipinski definition) is 3. The molecule has 21 heavy (non-hydrogen) atoms. The van der Waals surface area contributed by atoms with Crippen LogP contribution in [0.25, 0.3) is 0 Å². The zero-order chi connectivity index (χ0) is 15.1. The number of hydrogen-bond donors (Lipinski definition) is 1. The van der Waals surface area contributed by atoms with E-state index < -0.39 is 0 Å². The average molecular weight is 290 g/mol. The molecule has 1 fully saturated rings. The number of rotatable bonds is 7. The maximum Gasteiger partial charge on any atom is 0.119 e. The molecule has 118 valence electrons. The van der Waals surface area contributed by atoms with Crippen molar-refractivity contribution in [3.05, 3.63) is 29.8 Å². The summed E-state index contributed by atoms with van der Waals surface area (Å²) in [5.41, 5.74) is 7.35. The highest BCUT2D eigenvalue weighted by Gasteiger charge is 2.27. The van der Waals surface area contributed by atoms with Gasteiger partial charge in [0.1, 0.15) is 5.75 Å². The monoisotopic (exact) mass is 290 g/mol. The van der Waals surface area contributed by atoms with Gasteiger partial charge in [-0.3, -0.25) is 0 Å². The van der Waals surface area contributed by atoms with Crippen LogP contribution in [0.1, 0.15) is 45.1 Å². The minimum atomic E-state index is 0.571. The topological polar surface area (TPSA) is 38.5 Å². The summed E-state index contributed by atoms with van der Waals surface area (Å²) in [6, 6.07) is 8.08. The second-order valence-corrected chi connectivity index (χ2v) is 6.56. The third kappa shape index (κ3) is 5.01. The van der Waals surface area contributed by atoms with Crippen LogP contribution in [-0.4, -0.2) is 31.1 Å². The van der Waals surface area contributed by atoms with E-state index in [0.29, 0.717) is 12.0 Å². The normalized spacial score (nSPS) is 18.6. The molecule has 1 aliphatic heterocycles. The van der Waals surface area contributed by atoms with Crippen molar-refractivity contribution in [3.63, 3.8) is 0 Å². The quantitative estimate of drug-likeness (QED) is 0.782. The van der Waals surface area contributed by atoms with Crippen molar-refractivity contribution in [2.45, 2.75) is 46.1 Å². The van der Waals surface area contributed by atoms with Crippen molar-refractivity contribution >= 4 is 0 Å². The van der Waals surface area contributed by atoms with Crippen LogP contribution in [-0.2, 0) is 6.54 Å². The molecular weight excluding hydrogens is 260 g/mol. The third-order valence-corrected chi connectivity index (χ3v) is 4.94. The molecular formula is C18H30N2O. The Labute approximate surface area is 129 Å². The standard InChI is InChI=1S/C18H30N2O/c1-3-18(2)8-11-20(12-9-18)10-5-13-21-17-7-4-6-16(14-17)15-19/h4,6-7,14H,3,5,8-13,15,19H2,1-2H3. The first-order chi connectivity index (χ1) is 10.1. The Bertz CT molecular complexity index is 425. The van der Waals surface area contributed by atoms with Gasteiger partial charge in [-0.2, -0.15) is 0 Å². The first kappa shape index (κ1) is 16.3. The second kappa shape index (κ2) is 7.81. The lowest BCUT2D eigenvalue weighted by Gasteiger charge is -2.38. The number of piperidine rings is 1. The highest BCUT2D eigenvalue weighted by molar-refractivity contribution is 5.28. The summed E-state index contributed by atoms with van der Waals surface area (Å²) in [4.78, 5) is 2.58. The van der Waals surface area contributed by atoms with Gasteiger partial charge in [-0.25, -0.2) is 0 Å². The van der Waals surface area contributed by atoms with Gasteiger partial charge in [0, 0.05) is 13.1 Å². The molecule has 0 saturated carbocycles. The van der Waals surface area contributed by atoms with Crippen molar-refractivity contribution in [2.75, 3.05) is 26.2 Å². The molecule has 1 saturated heterocycles. The van der Waals surface area contributed by atoms with Gasteiger partial charge in [0.15, 0.2) is 0 Å². The fraction of sp³-hybridized carbons (Fsp3) is 0.667. The van der Waals surface area contributed by atoms with E-state index in [-0.39, 0.29) is 0 Å². The molecule has 3 nitrogen and oxygen atoms in total. The molecule has 0 unspecified atom stereocenters. The van der Waals surface area contributed by atoms with E-state index in [1.165, 1.54) is 32.4 Å². The van der Waals surface area contributed by atoms with Crippen LogP contribution in [0.15, 0.2) is 24.3 Å². The lowest BCUT2D eigenvalue weighted by Crippen LogP contribution is -2.39. The third-order valence-electron chi connectivity index (χ3n) is 4.94. The van der Waals surface area contributed by atoms with E-state index in [1.807, 2.05) is 24.3 Å². The van der Waals surface area contributed by atoms with Crippen LogP contribution in [0.4, 0.5) is 0 Å². The lowest BCUT2D eigenvalue weighted by molar-refractivity contribution is 0.109. The Morgan fingerprint density at radius 3 is 2.71 bits per heavy atom. The largest absolute Gasteiger partial charge is 0.494 e. The highest BCUT2D eigenvalue weighted by atomic mass is 16.5. The lowest BCUT2D eigenvalue weighted by atomic mass is 9.78. The summed E-state index contributed by atoms with van der Waals surface area (Å²) in [5, 5.41) is 0. The number of nitrogens with zero attached hydrogens (tertiary/aromatic N) is 1. The molecule has 2 N–H and O–H groups in total. The van der Waals surface area contributed by atoms with E-state index in [1.54, 1.807) is 0 Å². The van der Waals surface area contributed by atoms with Crippen LogP contribution in [0.3, 0.4) is 0 Å². The summed E-state index contributed by atoms with van der Waals surface area (Å²) < 4.78 is 5.82. The van der Waals surface area contributed by atoms with Gasteiger partial charge in [-0.1, -0.05) is 32.4 Å². The van der Waals surface area contributed by atoms with Gasteiger partial charge < -0.3 is 15.4 Å². The molecule has 0 aliphatic carbocycles. The maximum atomic E-state index is 5.82. The fourth-order valence-electron chi connectivity index (χ4n) is 2.91. The summed E-state index contributed by atoms with van der Waals surface area (Å²) in [6.45, 7) is 9.74. The Morgan fingerprint density at radius 2 is 2.05 bits per heavy atom. The number of ether oxygens (including phenoxy) is 1. The molecule has 0 atom stereocenters. The van der Waals surface area contributed by atoms with Crippen LogP contribution in [0.2, 0.25) is 0 Å². The number of likely N-dealkylation sites (tertiary alicyclic amines) is 1. The zero-order valence-corrected chi connectivity index (χ0v) is 13.6. The Balaban J connectivity index is 1.64. The molecule has 1 aliphatic rings. The van der Waals surface area contributed by atoms with Crippen molar-refractivity contribution in [1.82, 2.24) is 4.90 Å². The highest BCUT2D eigenvalue weighted by Crippen LogP contribution is 2.33. The number of benzene rings is 1. The van der Waals surface area contributed by atoms with Gasteiger partial charge in [0.25, 0.3) is 0 Å². The van der Waals surface area contributed by atoms with Crippen molar-refractivity contribution in [2.24, 2.45) is 11.1 Å². The van der Waals surface area contributed by atoms with E-state index >= 15 is 0 Å². The van der Waals surface area contributed by atoms with Crippen molar-refractivity contribution in [3.8, 4) is 5.75 Å². The fourth-order valence-corrected chi connectivity index (χ4v) is 2.91. The van der Waals surface area contributed by atoms with Gasteiger partial charge in [0.2, 0.25) is 0 Å². The SMILES string of the molecule is CCC1(C)CCN(CCCOc2cccc(CN)c2)CC1. The predicted molar refractivity (Wildman–Crippen MR) is 88.5 cm³/mol. The minimum absolute atomic E-state index is 0.571. The molecule has 1 aromatic carbocycles. The smallest absolute Gasteiger partial charge is 0.119 e. The molecule has 0 aromatic heterocycles. The Morgan fingerprint density at radius 1 is 1.29 bits per heavy atom. The molecule has 1 heterocycles. The summed E-state index contributed by atoms with van der Waals surface area (Å²) >= 11 is 0. The number of nitrogens with two attached hydrogens (primary N) is 1. The van der Waals surface area contributed by atoms with Gasteiger partial charge in [-0.15, -0.1) is 0 Å². The van der Waals surface area contributed by atoms with Gasteiger partial charge in [-0.05, 0) is 55.5 Å². The van der Waals surface area contributed by atoms with Crippen LogP contribution in [0, 0.1) is 5.41 Å². The molecule has 0 amide bonds. The average Bonchev–Trinajstić information content (AvgIpc) is 2.53. The minimum Gasteiger partial charge on any atom is -0.494 e. The first-order valence-corrected chi connectivity index (χ1v) is 8.29. The zero-order valence-electron chi connectivity index (χ0n) is 13.6. The summed E-state index contributed by atoms with van der Waals surface area (Å²) in [7, 11) is 0. The summed E-state index contributed by atoms with van der Waals surface area (Å²) in [6.07, 6.45) is 5.07. The maximum absolute atomic E-state index is 5.82. The van der Waals surface area contributed by atoms with Gasteiger partial charge >= 0.3 is 0 Å². The molecule has 0 bridgehead atoms. The molecule has 0 spiro atoms. The molecule has 1 aromatic rings. The molecule has 3 heteroatoms. The van der Waals surface area contributed by atoms with Gasteiger partial charge in [0.05, 0.1) is 6.61 Å². The molecule has 2 rings (SSSR count). The van der Waals surface area contributed by atoms with Crippen LogP contribution >= 0.6 is 0 Å². The summed E-state index contributed by atoms with van der Waals surface area (Å²) in [5.74, 6) is 0.940. The van der Waals surface area contributed by atoms with Crippen LogP contribution in [0.5, 0.6) is 5.75 Å². The van der Waals surface area contributed by atoms with Crippen molar-refractivity contribution < 1.29 is 4.74 Å². The van der Waals surface area contributed by atoms with E-state index in [4.69, 9.17) is 10.5 Å². The Hall–Kier alpha value is -1.06. The van der Waals surface area contributed by atoms with Crippen LogP contribution < -0.4 is 10.5 Å². The van der Waals surface area contributed by atoms with E-state index in [0.717, 1.165) is 30.9 Å². The second-order valence-electron chi connectivity index (χ2n) is 6.56. The van der Waals surface area contributed by atoms with E-state index in [9.17, 15) is 0 Å². The van der Waals surface area contributed by atoms with E-state index in [2.05, 4.69) is 18.7 Å².